The van der Waals surface area contributed by atoms with E-state index in [4.69, 9.17) is 4.74 Å². The smallest absolute Gasteiger partial charge is 0.244 e. The molecular weight excluding hydrogens is 306 g/mol. The topological polar surface area (TPSA) is 61.9 Å². The second-order valence-electron chi connectivity index (χ2n) is 5.96. The van der Waals surface area contributed by atoms with Gasteiger partial charge in [-0.25, -0.2) is 0 Å². The van der Waals surface area contributed by atoms with Gasteiger partial charge in [-0.1, -0.05) is 12.1 Å². The minimum atomic E-state index is -0.259. The molecule has 1 fully saturated rings. The van der Waals surface area contributed by atoms with Gasteiger partial charge >= 0.3 is 0 Å². The molecule has 130 valence electrons. The van der Waals surface area contributed by atoms with Crippen LogP contribution in [0.25, 0.3) is 5.57 Å². The third kappa shape index (κ3) is 5.09. The van der Waals surface area contributed by atoms with Crippen molar-refractivity contribution in [1.29, 1.82) is 0 Å². The maximum Gasteiger partial charge on any atom is 0.244 e. The normalized spacial score (nSPS) is 16.0. The Bertz CT molecular complexity index is 602. The summed E-state index contributed by atoms with van der Waals surface area (Å²) in [6, 6.07) is 7.49. The molecule has 0 atom stereocenters. The lowest BCUT2D eigenvalue weighted by atomic mass is 10.1. The van der Waals surface area contributed by atoms with Crippen LogP contribution in [0.3, 0.4) is 0 Å². The van der Waals surface area contributed by atoms with Gasteiger partial charge < -0.3 is 19.9 Å². The summed E-state index contributed by atoms with van der Waals surface area (Å²) in [5.41, 5.74) is 1.78. The summed E-state index contributed by atoms with van der Waals surface area (Å²) in [7, 11) is 3.65. The number of benzene rings is 1. The summed E-state index contributed by atoms with van der Waals surface area (Å²) in [5.74, 6) is 0.478. The van der Waals surface area contributed by atoms with Crippen molar-refractivity contribution in [3.8, 4) is 5.75 Å². The highest BCUT2D eigenvalue weighted by molar-refractivity contribution is 5.96. The summed E-state index contributed by atoms with van der Waals surface area (Å²) in [4.78, 5) is 28.1. The number of allylic oxidation sites excluding steroid dienone is 1. The van der Waals surface area contributed by atoms with Gasteiger partial charge in [-0.2, -0.15) is 0 Å². The first-order valence-corrected chi connectivity index (χ1v) is 8.06. The molecule has 2 rings (SSSR count). The van der Waals surface area contributed by atoms with Gasteiger partial charge in [-0.15, -0.1) is 0 Å². The molecule has 6 heteroatoms. The molecular formula is C18H25N3O3. The van der Waals surface area contributed by atoms with Crippen LogP contribution < -0.4 is 10.1 Å². The van der Waals surface area contributed by atoms with Gasteiger partial charge in [-0.3, -0.25) is 9.59 Å². The minimum Gasteiger partial charge on any atom is -0.497 e. The Labute approximate surface area is 143 Å². The molecule has 6 nitrogen and oxygen atoms in total. The molecule has 1 aromatic carbocycles. The Morgan fingerprint density at radius 3 is 2.38 bits per heavy atom. The summed E-state index contributed by atoms with van der Waals surface area (Å²) < 4.78 is 5.12. The molecule has 0 aliphatic carbocycles. The molecule has 2 amide bonds. The molecule has 1 N–H and O–H groups in total. The zero-order valence-corrected chi connectivity index (χ0v) is 14.5. The van der Waals surface area contributed by atoms with Gasteiger partial charge in [-0.05, 0) is 37.2 Å². The van der Waals surface area contributed by atoms with Crippen molar-refractivity contribution in [2.45, 2.75) is 6.92 Å². The van der Waals surface area contributed by atoms with Crippen LogP contribution in [0.5, 0.6) is 5.75 Å². The van der Waals surface area contributed by atoms with Crippen molar-refractivity contribution in [3.63, 3.8) is 0 Å². The number of piperazine rings is 1. The van der Waals surface area contributed by atoms with Crippen LogP contribution in [0.4, 0.5) is 0 Å². The van der Waals surface area contributed by atoms with Gasteiger partial charge in [0.15, 0.2) is 0 Å². The highest BCUT2D eigenvalue weighted by atomic mass is 16.5. The lowest BCUT2D eigenvalue weighted by molar-refractivity contribution is -0.133. The molecule has 0 aromatic heterocycles. The Balaban J connectivity index is 1.84. The van der Waals surface area contributed by atoms with Crippen LogP contribution >= 0.6 is 0 Å². The summed E-state index contributed by atoms with van der Waals surface area (Å²) in [5, 5.41) is 2.67. The molecule has 0 radical (unpaired) electrons. The number of amides is 2. The molecule has 0 unspecified atom stereocenters. The van der Waals surface area contributed by atoms with Crippen LogP contribution in [0.2, 0.25) is 0 Å². The lowest BCUT2D eigenvalue weighted by Gasteiger charge is -2.32. The van der Waals surface area contributed by atoms with E-state index < -0.39 is 0 Å². The van der Waals surface area contributed by atoms with Crippen molar-refractivity contribution < 1.29 is 14.3 Å². The van der Waals surface area contributed by atoms with E-state index in [-0.39, 0.29) is 18.4 Å². The second-order valence-corrected chi connectivity index (χ2v) is 5.96. The van der Waals surface area contributed by atoms with Crippen LogP contribution in [-0.2, 0) is 9.59 Å². The lowest BCUT2D eigenvalue weighted by Crippen LogP contribution is -2.49. The molecule has 1 aliphatic rings. The van der Waals surface area contributed by atoms with Crippen molar-refractivity contribution in [2.24, 2.45) is 0 Å². The first-order chi connectivity index (χ1) is 11.5. The van der Waals surface area contributed by atoms with E-state index in [0.29, 0.717) is 13.1 Å². The fraction of sp³-hybridized carbons (Fsp3) is 0.444. The fourth-order valence-corrected chi connectivity index (χ4v) is 2.52. The zero-order valence-electron chi connectivity index (χ0n) is 14.5. The minimum absolute atomic E-state index is 0.0352. The third-order valence-electron chi connectivity index (χ3n) is 4.16. The molecule has 1 heterocycles. The molecule has 24 heavy (non-hydrogen) atoms. The predicted octanol–water partition coefficient (Wildman–Crippen LogP) is 0.989. The number of nitrogens with one attached hydrogen (secondary N) is 1. The van der Waals surface area contributed by atoms with Crippen LogP contribution in [-0.4, -0.2) is 68.5 Å². The zero-order chi connectivity index (χ0) is 17.5. The average molecular weight is 331 g/mol. The predicted molar refractivity (Wildman–Crippen MR) is 93.7 cm³/mol. The van der Waals surface area contributed by atoms with Crippen molar-refractivity contribution in [1.82, 2.24) is 15.1 Å². The maximum atomic E-state index is 12.1. The molecule has 1 aromatic rings. The van der Waals surface area contributed by atoms with E-state index in [9.17, 15) is 9.59 Å². The van der Waals surface area contributed by atoms with Gasteiger partial charge in [0.1, 0.15) is 5.75 Å². The average Bonchev–Trinajstić information content (AvgIpc) is 2.60. The molecule has 0 spiro atoms. The van der Waals surface area contributed by atoms with Gasteiger partial charge in [0.25, 0.3) is 0 Å². The van der Waals surface area contributed by atoms with Gasteiger partial charge in [0.05, 0.1) is 13.7 Å². The maximum absolute atomic E-state index is 12.1. The number of carbonyl (C=O) groups excluding carboxylic acids is 2. The van der Waals surface area contributed by atoms with E-state index in [2.05, 4.69) is 10.2 Å². The fourth-order valence-electron chi connectivity index (χ4n) is 2.52. The summed E-state index contributed by atoms with van der Waals surface area (Å²) >= 11 is 0. The largest absolute Gasteiger partial charge is 0.497 e. The van der Waals surface area contributed by atoms with Crippen LogP contribution in [0.1, 0.15) is 12.5 Å². The van der Waals surface area contributed by atoms with E-state index >= 15 is 0 Å². The van der Waals surface area contributed by atoms with E-state index in [1.807, 2.05) is 38.2 Å². The number of carbonyl (C=O) groups is 2. The number of hydrogen-bond donors (Lipinski definition) is 1. The summed E-state index contributed by atoms with van der Waals surface area (Å²) in [6.07, 6.45) is 1.51. The number of likely N-dealkylation sites (N-methyl/N-ethyl adjacent to an activating group) is 1. The highest BCUT2D eigenvalue weighted by Gasteiger charge is 2.18. The quantitative estimate of drug-likeness (QED) is 0.818. The Hall–Kier alpha value is -2.34. The first-order valence-electron chi connectivity index (χ1n) is 8.06. The van der Waals surface area contributed by atoms with E-state index in [1.165, 1.54) is 6.08 Å². The van der Waals surface area contributed by atoms with Crippen molar-refractivity contribution >= 4 is 17.4 Å². The number of methoxy groups -OCH3 is 1. The van der Waals surface area contributed by atoms with Crippen molar-refractivity contribution in [2.75, 3.05) is 46.9 Å². The van der Waals surface area contributed by atoms with E-state index in [0.717, 1.165) is 30.0 Å². The standard InChI is InChI=1S/C18H25N3O3/c1-14(15-4-6-16(24-3)7-5-15)12-17(22)19-13-18(23)21-10-8-20(2)9-11-21/h4-7,12H,8-11,13H2,1-3H3,(H,19,22)/b14-12+. The molecule has 0 bridgehead atoms. The Kier molecular flexibility index (Phi) is 6.37. The molecule has 1 aliphatic heterocycles. The Morgan fingerprint density at radius 1 is 1.17 bits per heavy atom. The van der Waals surface area contributed by atoms with Gasteiger partial charge in [0.2, 0.25) is 11.8 Å². The third-order valence-corrected chi connectivity index (χ3v) is 4.16. The number of hydrogen-bond acceptors (Lipinski definition) is 4. The van der Waals surface area contributed by atoms with Crippen molar-refractivity contribution in [3.05, 3.63) is 35.9 Å². The number of ether oxygens (including phenoxy) is 1. The van der Waals surface area contributed by atoms with Crippen LogP contribution in [0, 0.1) is 0 Å². The molecule has 1 saturated heterocycles. The number of rotatable bonds is 5. The number of nitrogens with zero attached hydrogens (tertiary/aromatic N) is 2. The van der Waals surface area contributed by atoms with Crippen LogP contribution in [0.15, 0.2) is 30.3 Å². The Morgan fingerprint density at radius 2 is 1.79 bits per heavy atom. The first kappa shape index (κ1) is 18.0. The molecule has 0 saturated carbocycles. The monoisotopic (exact) mass is 331 g/mol. The van der Waals surface area contributed by atoms with E-state index in [1.54, 1.807) is 12.0 Å². The summed E-state index contributed by atoms with van der Waals surface area (Å²) in [6.45, 7) is 5.07. The van der Waals surface area contributed by atoms with Gasteiger partial charge in [0, 0.05) is 32.3 Å². The second kappa shape index (κ2) is 8.49. The SMILES string of the molecule is COc1ccc(/C(C)=C/C(=O)NCC(=O)N2CCN(C)CC2)cc1. The highest BCUT2D eigenvalue weighted by Crippen LogP contribution is 2.17.